The molecule has 0 spiro atoms. The molecule has 2 aliphatic rings. The quantitative estimate of drug-likeness (QED) is 0.331. The van der Waals surface area contributed by atoms with Crippen LogP contribution in [0.4, 0.5) is 0 Å². The number of hydrogen-bond donors (Lipinski definition) is 2. The maximum Gasteiger partial charge on any atom is 0.227 e. The number of benzene rings is 2. The van der Waals surface area contributed by atoms with Gasteiger partial charge in [-0.25, -0.2) is 4.98 Å². The van der Waals surface area contributed by atoms with E-state index >= 15 is 0 Å². The smallest absolute Gasteiger partial charge is 0.227 e. The molecule has 11 nitrogen and oxygen atoms in total. The van der Waals surface area contributed by atoms with Gasteiger partial charge in [-0.2, -0.15) is 0 Å². The Bertz CT molecular complexity index is 1680. The number of carbonyl (C=O) groups is 3. The Morgan fingerprint density at radius 2 is 1.91 bits per heavy atom. The van der Waals surface area contributed by atoms with E-state index < -0.39 is 5.92 Å². The highest BCUT2D eigenvalue weighted by Gasteiger charge is 2.40. The highest BCUT2D eigenvalue weighted by atomic mass is 16.5. The molecule has 2 aromatic carbocycles. The van der Waals surface area contributed by atoms with E-state index in [0.29, 0.717) is 57.2 Å². The summed E-state index contributed by atoms with van der Waals surface area (Å²) in [6.07, 6.45) is 6.88. The molecule has 0 unspecified atom stereocenters. The number of ether oxygens (including phenoxy) is 2. The predicted molar refractivity (Wildman–Crippen MR) is 169 cm³/mol. The SMILES string of the molecule is CCc1nccn1CCC(=O)N1C[C@@H]2C(=O)NCCN(C(=O)Cc3c[nH]c4ccccc34)CCOc3cc(ccc3OC)[C@H]2C1. The molecule has 6 rings (SSSR count). The highest BCUT2D eigenvalue weighted by molar-refractivity contribution is 5.89. The lowest BCUT2D eigenvalue weighted by Crippen LogP contribution is -2.43. The molecule has 2 bridgehead atoms. The van der Waals surface area contributed by atoms with Crippen LogP contribution in [0.25, 0.3) is 10.9 Å². The lowest BCUT2D eigenvalue weighted by Gasteiger charge is -2.23. The van der Waals surface area contributed by atoms with Gasteiger partial charge < -0.3 is 34.1 Å². The van der Waals surface area contributed by atoms with E-state index in [4.69, 9.17) is 9.47 Å². The van der Waals surface area contributed by atoms with Gasteiger partial charge in [-0.05, 0) is 29.3 Å². The van der Waals surface area contributed by atoms with Crippen LogP contribution in [-0.2, 0) is 33.8 Å². The molecule has 236 valence electrons. The van der Waals surface area contributed by atoms with Crippen molar-refractivity contribution in [2.45, 2.75) is 38.6 Å². The number of nitrogens with one attached hydrogen (secondary N) is 2. The third-order valence-electron chi connectivity index (χ3n) is 8.98. The van der Waals surface area contributed by atoms with Crippen LogP contribution in [0, 0.1) is 5.92 Å². The van der Waals surface area contributed by atoms with Gasteiger partial charge in [0.1, 0.15) is 12.4 Å². The molecular formula is C34H40N6O5. The number of fused-ring (bicyclic) bond motifs is 5. The van der Waals surface area contributed by atoms with E-state index in [1.807, 2.05) is 66.3 Å². The lowest BCUT2D eigenvalue weighted by atomic mass is 9.88. The first-order chi connectivity index (χ1) is 21.9. The number of H-pyrrole nitrogens is 1. The van der Waals surface area contributed by atoms with Gasteiger partial charge in [-0.1, -0.05) is 31.2 Å². The van der Waals surface area contributed by atoms with Gasteiger partial charge in [0.15, 0.2) is 11.5 Å². The van der Waals surface area contributed by atoms with Gasteiger partial charge >= 0.3 is 0 Å². The molecule has 2 atom stereocenters. The summed E-state index contributed by atoms with van der Waals surface area (Å²) < 4.78 is 13.8. The summed E-state index contributed by atoms with van der Waals surface area (Å²) in [5, 5.41) is 4.09. The minimum Gasteiger partial charge on any atom is -0.493 e. The first-order valence-electron chi connectivity index (χ1n) is 15.6. The zero-order valence-electron chi connectivity index (χ0n) is 25.8. The Balaban J connectivity index is 1.19. The number of carbonyl (C=O) groups excluding carboxylic acids is 3. The topological polar surface area (TPSA) is 122 Å². The predicted octanol–water partition coefficient (Wildman–Crippen LogP) is 3.15. The van der Waals surface area contributed by atoms with Crippen LogP contribution < -0.4 is 14.8 Å². The van der Waals surface area contributed by atoms with Crippen LogP contribution in [0.5, 0.6) is 11.5 Å². The molecule has 3 amide bonds. The first kappa shape index (κ1) is 30.2. The average Bonchev–Trinajstić information content (AvgIpc) is 3.81. The number of aryl methyl sites for hydroxylation is 2. The van der Waals surface area contributed by atoms with E-state index in [1.165, 1.54) is 0 Å². The zero-order valence-corrected chi connectivity index (χ0v) is 25.8. The van der Waals surface area contributed by atoms with Crippen molar-refractivity contribution >= 4 is 28.6 Å². The van der Waals surface area contributed by atoms with Crippen molar-refractivity contribution in [1.29, 1.82) is 0 Å². The summed E-state index contributed by atoms with van der Waals surface area (Å²) in [5.41, 5.74) is 2.82. The number of imidazole rings is 1. The van der Waals surface area contributed by atoms with E-state index in [0.717, 1.165) is 34.3 Å². The maximum absolute atomic E-state index is 13.7. The lowest BCUT2D eigenvalue weighted by molar-refractivity contribution is -0.132. The van der Waals surface area contributed by atoms with Gasteiger partial charge in [0.2, 0.25) is 17.7 Å². The number of nitrogens with zero attached hydrogens (tertiary/aromatic N) is 4. The minimum absolute atomic E-state index is 0.00575. The average molecular weight is 613 g/mol. The van der Waals surface area contributed by atoms with Gasteiger partial charge in [0, 0.05) is 81.0 Å². The molecule has 0 saturated carbocycles. The molecule has 2 aliphatic heterocycles. The van der Waals surface area contributed by atoms with Crippen molar-refractivity contribution in [2.75, 3.05) is 46.4 Å². The Hall–Kier alpha value is -4.80. The number of aromatic nitrogens is 3. The van der Waals surface area contributed by atoms with Crippen LogP contribution in [0.15, 0.2) is 61.1 Å². The molecule has 4 heterocycles. The number of likely N-dealkylation sites (tertiary alicyclic amines) is 1. The standard InChI is InChI=1S/C34H40N6O5/c1-3-31-35-11-14-38(31)13-10-32(41)40-21-26-23-8-9-29(44-2)30(18-23)45-17-16-39(15-12-36-34(43)27(26)22-40)33(42)19-24-20-37-28-7-5-4-6-25(24)28/h4-9,11,14,18,20,26-27,37H,3,10,12-13,15-17,19,21-22H2,1-2H3,(H,36,43)/t26-,27+/m1/s1. The molecular weight excluding hydrogens is 572 g/mol. The van der Waals surface area contributed by atoms with Crippen molar-refractivity contribution in [2.24, 2.45) is 5.92 Å². The van der Waals surface area contributed by atoms with Gasteiger partial charge in [0.25, 0.3) is 0 Å². The van der Waals surface area contributed by atoms with E-state index in [1.54, 1.807) is 23.1 Å². The number of methoxy groups -OCH3 is 1. The summed E-state index contributed by atoms with van der Waals surface area (Å²) in [6.45, 7) is 4.61. The Morgan fingerprint density at radius 3 is 2.76 bits per heavy atom. The van der Waals surface area contributed by atoms with Crippen molar-refractivity contribution in [1.82, 2.24) is 29.7 Å². The molecule has 45 heavy (non-hydrogen) atoms. The number of aromatic amines is 1. The Labute approximate surface area is 262 Å². The highest BCUT2D eigenvalue weighted by Crippen LogP contribution is 2.38. The Kier molecular flexibility index (Phi) is 9.04. The summed E-state index contributed by atoms with van der Waals surface area (Å²) in [6, 6.07) is 13.6. The monoisotopic (exact) mass is 612 g/mol. The van der Waals surface area contributed by atoms with Crippen LogP contribution in [-0.4, -0.2) is 88.5 Å². The zero-order chi connectivity index (χ0) is 31.3. The van der Waals surface area contributed by atoms with Gasteiger partial charge in [-0.3, -0.25) is 14.4 Å². The second-order valence-electron chi connectivity index (χ2n) is 11.6. The number of amides is 3. The second kappa shape index (κ2) is 13.5. The number of rotatable bonds is 7. The fourth-order valence-corrected chi connectivity index (χ4v) is 6.50. The molecule has 2 aromatic heterocycles. The van der Waals surface area contributed by atoms with Crippen molar-refractivity contribution in [3.8, 4) is 11.5 Å². The minimum atomic E-state index is -0.439. The van der Waals surface area contributed by atoms with E-state index in [2.05, 4.69) is 15.3 Å². The second-order valence-corrected chi connectivity index (χ2v) is 11.6. The Morgan fingerprint density at radius 1 is 1.07 bits per heavy atom. The third kappa shape index (κ3) is 6.52. The van der Waals surface area contributed by atoms with Gasteiger partial charge in [0.05, 0.1) is 26.0 Å². The fraction of sp³-hybridized carbons (Fsp3) is 0.412. The van der Waals surface area contributed by atoms with Crippen LogP contribution in [0.1, 0.15) is 36.2 Å². The molecule has 11 heteroatoms. The summed E-state index contributed by atoms with van der Waals surface area (Å²) in [4.78, 5) is 51.7. The van der Waals surface area contributed by atoms with E-state index in [9.17, 15) is 14.4 Å². The first-order valence-corrected chi connectivity index (χ1v) is 15.6. The molecule has 4 aromatic rings. The maximum atomic E-state index is 13.7. The molecule has 0 aliphatic carbocycles. The molecule has 1 saturated heterocycles. The van der Waals surface area contributed by atoms with Crippen LogP contribution in [0.3, 0.4) is 0 Å². The molecule has 0 radical (unpaired) electrons. The van der Waals surface area contributed by atoms with Crippen LogP contribution >= 0.6 is 0 Å². The van der Waals surface area contributed by atoms with Crippen molar-refractivity contribution < 1.29 is 23.9 Å². The van der Waals surface area contributed by atoms with E-state index in [-0.39, 0.29) is 36.7 Å². The van der Waals surface area contributed by atoms with Gasteiger partial charge in [-0.15, -0.1) is 0 Å². The van der Waals surface area contributed by atoms with Crippen molar-refractivity contribution in [3.05, 3.63) is 78.0 Å². The fourth-order valence-electron chi connectivity index (χ4n) is 6.50. The molecule has 1 fully saturated rings. The summed E-state index contributed by atoms with van der Waals surface area (Å²) in [7, 11) is 1.59. The number of hydrogen-bond acceptors (Lipinski definition) is 6. The van der Waals surface area contributed by atoms with Crippen molar-refractivity contribution in [3.63, 3.8) is 0 Å². The summed E-state index contributed by atoms with van der Waals surface area (Å²) >= 11 is 0. The molecule has 2 N–H and O–H groups in total. The largest absolute Gasteiger partial charge is 0.493 e. The number of para-hydroxylation sites is 1. The third-order valence-corrected chi connectivity index (χ3v) is 8.98. The normalized spacial score (nSPS) is 18.8. The summed E-state index contributed by atoms with van der Waals surface area (Å²) in [5.74, 6) is 1.26. The van der Waals surface area contributed by atoms with Crippen LogP contribution in [0.2, 0.25) is 0 Å².